The van der Waals surface area contributed by atoms with Gasteiger partial charge in [-0.15, -0.1) is 0 Å². The predicted octanol–water partition coefficient (Wildman–Crippen LogP) is -1.93. The van der Waals surface area contributed by atoms with Gasteiger partial charge in [0.2, 0.25) is 0 Å². The summed E-state index contributed by atoms with van der Waals surface area (Å²) in [6.07, 6.45) is 1.91. The zero-order valence-corrected chi connectivity index (χ0v) is 6.81. The summed E-state index contributed by atoms with van der Waals surface area (Å²) in [4.78, 5) is 10.3. The Kier molecular flexibility index (Phi) is 9.73. The topological polar surface area (TPSA) is 44.6 Å². The molecule has 0 rings (SSSR count). The van der Waals surface area contributed by atoms with Crippen LogP contribution in [0, 0.1) is 0 Å². The second-order valence-electron chi connectivity index (χ2n) is 2.19. The van der Waals surface area contributed by atoms with Crippen LogP contribution in [0.5, 0.6) is 0 Å². The highest BCUT2D eigenvalue weighted by Crippen LogP contribution is 1.42. The summed E-state index contributed by atoms with van der Waals surface area (Å²) in [5.41, 5.74) is 0. The molecule has 0 aromatic rings. The number of nitrogens with one attached hydrogen (secondary N) is 1. The average Bonchev–Trinajstić information content (AvgIpc) is 1.62. The van der Waals surface area contributed by atoms with Gasteiger partial charge in [0.25, 0.3) is 0 Å². The number of likely N-dealkylation sites (N-methyl/N-ethyl adjacent to an activating group) is 1. The Balaban J connectivity index is 0. The maximum atomic E-state index is 8.89. The number of hydrogen-bond acceptors (Lipinski definition) is 2. The third-order valence-corrected chi connectivity index (χ3v) is 0.553. The zero-order valence-electron chi connectivity index (χ0n) is 6.81. The van der Waals surface area contributed by atoms with Crippen molar-refractivity contribution < 1.29 is 14.8 Å². The highest BCUT2D eigenvalue weighted by molar-refractivity contribution is 5.60. The third-order valence-electron chi connectivity index (χ3n) is 0.553. The molecule has 0 aliphatic heterocycles. The van der Waals surface area contributed by atoms with Gasteiger partial charge in [-0.1, -0.05) is 6.58 Å². The van der Waals surface area contributed by atoms with Crippen LogP contribution >= 0.6 is 0 Å². The SMILES string of the molecule is C=CC[NH+](C)C.CC(=O)[O-]. The van der Waals surface area contributed by atoms with Gasteiger partial charge in [-0.05, 0) is 13.0 Å². The fourth-order valence-electron chi connectivity index (χ4n) is 0.289. The lowest BCUT2D eigenvalue weighted by molar-refractivity contribution is -0.851. The lowest BCUT2D eigenvalue weighted by Crippen LogP contribution is -3.05. The van der Waals surface area contributed by atoms with E-state index in [1.165, 1.54) is 4.90 Å². The zero-order chi connectivity index (χ0) is 8.57. The monoisotopic (exact) mass is 145 g/mol. The van der Waals surface area contributed by atoms with Gasteiger partial charge in [0, 0.05) is 5.97 Å². The molecule has 0 spiro atoms. The molecular formula is C7H15NO2. The van der Waals surface area contributed by atoms with Crippen LogP contribution in [0.1, 0.15) is 6.92 Å². The molecule has 0 amide bonds. The molecule has 3 nitrogen and oxygen atoms in total. The lowest BCUT2D eigenvalue weighted by atomic mass is 10.6. The summed E-state index contributed by atoms with van der Waals surface area (Å²) in [7, 11) is 4.20. The van der Waals surface area contributed by atoms with E-state index in [9.17, 15) is 0 Å². The number of rotatable bonds is 2. The van der Waals surface area contributed by atoms with Crippen molar-refractivity contribution in [2.75, 3.05) is 20.6 Å². The van der Waals surface area contributed by atoms with Crippen LogP contribution < -0.4 is 10.0 Å². The number of carbonyl (C=O) groups is 1. The molecule has 1 N–H and O–H groups in total. The first-order valence-corrected chi connectivity index (χ1v) is 3.08. The van der Waals surface area contributed by atoms with Crippen molar-refractivity contribution in [3.05, 3.63) is 12.7 Å². The quantitative estimate of drug-likeness (QED) is 0.460. The van der Waals surface area contributed by atoms with E-state index in [4.69, 9.17) is 9.90 Å². The molecule has 0 aliphatic rings. The van der Waals surface area contributed by atoms with Crippen LogP contribution in [0.25, 0.3) is 0 Å². The molecule has 0 heterocycles. The Hall–Kier alpha value is -0.830. The van der Waals surface area contributed by atoms with Crippen LogP contribution in [0.15, 0.2) is 12.7 Å². The Morgan fingerprint density at radius 2 is 2.00 bits per heavy atom. The number of quaternary nitrogens is 1. The van der Waals surface area contributed by atoms with E-state index in [-0.39, 0.29) is 0 Å². The van der Waals surface area contributed by atoms with Gasteiger partial charge in [0.1, 0.15) is 0 Å². The average molecular weight is 145 g/mol. The molecule has 0 bridgehead atoms. The van der Waals surface area contributed by atoms with Gasteiger partial charge < -0.3 is 14.8 Å². The maximum Gasteiger partial charge on any atom is 0.0951 e. The number of hydrogen-bond donors (Lipinski definition) is 1. The molecule has 0 unspecified atom stereocenters. The second-order valence-corrected chi connectivity index (χ2v) is 2.19. The van der Waals surface area contributed by atoms with Crippen LogP contribution in [0.4, 0.5) is 0 Å². The van der Waals surface area contributed by atoms with Crippen molar-refractivity contribution in [3.63, 3.8) is 0 Å². The number of aliphatic carboxylic acids is 1. The predicted molar refractivity (Wildman–Crippen MR) is 38.6 cm³/mol. The lowest BCUT2D eigenvalue weighted by Gasteiger charge is -1.98. The molecule has 3 heteroatoms. The molecule has 0 saturated carbocycles. The van der Waals surface area contributed by atoms with Crippen molar-refractivity contribution in [1.82, 2.24) is 0 Å². The first-order chi connectivity index (χ1) is 4.50. The number of carbonyl (C=O) groups excluding carboxylic acids is 1. The number of carboxylic acid groups (broad SMARTS) is 1. The summed E-state index contributed by atoms with van der Waals surface area (Å²) in [5.74, 6) is -1.08. The van der Waals surface area contributed by atoms with E-state index >= 15 is 0 Å². The second kappa shape index (κ2) is 8.17. The minimum absolute atomic E-state index is 0.972. The Labute approximate surface area is 62.0 Å². The van der Waals surface area contributed by atoms with Crippen molar-refractivity contribution in [2.45, 2.75) is 6.92 Å². The van der Waals surface area contributed by atoms with Gasteiger partial charge in [-0.25, -0.2) is 0 Å². The third kappa shape index (κ3) is 58.0. The molecular weight excluding hydrogens is 130 g/mol. The van der Waals surface area contributed by atoms with Crippen LogP contribution in [-0.2, 0) is 4.79 Å². The van der Waals surface area contributed by atoms with Crippen molar-refractivity contribution in [3.8, 4) is 0 Å². The largest absolute Gasteiger partial charge is 0.550 e. The highest BCUT2D eigenvalue weighted by Gasteiger charge is 1.79. The molecule has 0 aliphatic carbocycles. The summed E-state index contributed by atoms with van der Waals surface area (Å²) < 4.78 is 0. The maximum absolute atomic E-state index is 8.89. The molecule has 0 atom stereocenters. The summed E-state index contributed by atoms with van der Waals surface area (Å²) >= 11 is 0. The van der Waals surface area contributed by atoms with Crippen LogP contribution in [-0.4, -0.2) is 26.6 Å². The molecule has 0 radical (unpaired) electrons. The molecule has 0 fully saturated rings. The normalized spacial score (nSPS) is 8.00. The Bertz CT molecular complexity index is 95.8. The van der Waals surface area contributed by atoms with Crippen LogP contribution in [0.3, 0.4) is 0 Å². The van der Waals surface area contributed by atoms with Gasteiger partial charge in [-0.2, -0.15) is 0 Å². The summed E-state index contributed by atoms with van der Waals surface area (Å²) in [6.45, 7) is 5.61. The van der Waals surface area contributed by atoms with Gasteiger partial charge in [0.05, 0.1) is 20.6 Å². The Morgan fingerprint density at radius 3 is 2.00 bits per heavy atom. The minimum atomic E-state index is -1.08. The van der Waals surface area contributed by atoms with Gasteiger partial charge in [-0.3, -0.25) is 0 Å². The minimum Gasteiger partial charge on any atom is -0.550 e. The fourth-order valence-corrected chi connectivity index (χ4v) is 0.289. The highest BCUT2D eigenvalue weighted by atomic mass is 16.4. The van der Waals surface area contributed by atoms with Gasteiger partial charge in [0.15, 0.2) is 0 Å². The summed E-state index contributed by atoms with van der Waals surface area (Å²) in [6, 6.07) is 0. The van der Waals surface area contributed by atoms with E-state index in [0.717, 1.165) is 13.5 Å². The molecule has 10 heavy (non-hydrogen) atoms. The van der Waals surface area contributed by atoms with E-state index in [0.29, 0.717) is 0 Å². The molecule has 0 aromatic carbocycles. The van der Waals surface area contributed by atoms with E-state index in [1.54, 1.807) is 0 Å². The smallest absolute Gasteiger partial charge is 0.0951 e. The number of carboxylic acids is 1. The first kappa shape index (κ1) is 11.9. The standard InChI is InChI=1S/C5H11N.C2H4O2/c1-4-5-6(2)3;1-2(3)4/h4H,1,5H2,2-3H3;1H3,(H,3,4). The molecule has 60 valence electrons. The Morgan fingerprint density at radius 1 is 1.70 bits per heavy atom. The summed E-state index contributed by atoms with van der Waals surface area (Å²) in [5, 5.41) is 8.89. The first-order valence-electron chi connectivity index (χ1n) is 3.08. The fraction of sp³-hybridized carbons (Fsp3) is 0.571. The van der Waals surface area contributed by atoms with Crippen molar-refractivity contribution in [2.24, 2.45) is 0 Å². The van der Waals surface area contributed by atoms with Crippen molar-refractivity contribution >= 4 is 5.97 Å². The molecule has 0 aromatic heterocycles. The van der Waals surface area contributed by atoms with E-state index in [1.807, 2.05) is 6.08 Å². The van der Waals surface area contributed by atoms with E-state index in [2.05, 4.69) is 20.7 Å². The van der Waals surface area contributed by atoms with Crippen LogP contribution in [0.2, 0.25) is 0 Å². The van der Waals surface area contributed by atoms with Crippen molar-refractivity contribution in [1.29, 1.82) is 0 Å². The van der Waals surface area contributed by atoms with E-state index < -0.39 is 5.97 Å². The van der Waals surface area contributed by atoms with Gasteiger partial charge >= 0.3 is 0 Å². The molecule has 0 saturated heterocycles.